The van der Waals surface area contributed by atoms with Crippen LogP contribution < -0.4 is 10.2 Å². The lowest BCUT2D eigenvalue weighted by molar-refractivity contribution is 0.0767. The number of piperazine rings is 1. The number of nitrogens with one attached hydrogen (secondary N) is 1. The number of anilines is 1. The zero-order valence-electron chi connectivity index (χ0n) is 13.5. The maximum atomic E-state index is 12.4. The molecule has 1 aromatic heterocycles. The summed E-state index contributed by atoms with van der Waals surface area (Å²) < 4.78 is 0. The summed E-state index contributed by atoms with van der Waals surface area (Å²) in [6.45, 7) is 11.7. The number of nitrogens with zero attached hydrogens (tertiary/aromatic N) is 3. The van der Waals surface area contributed by atoms with Crippen molar-refractivity contribution in [1.29, 1.82) is 0 Å². The van der Waals surface area contributed by atoms with Crippen LogP contribution in [0.5, 0.6) is 0 Å². The van der Waals surface area contributed by atoms with Crippen molar-refractivity contribution in [2.24, 2.45) is 0 Å². The fraction of sp³-hybridized carbons (Fsp3) is 0.625. The molecule has 0 radical (unpaired) electrons. The van der Waals surface area contributed by atoms with E-state index in [0.717, 1.165) is 18.8 Å². The highest BCUT2D eigenvalue weighted by Crippen LogP contribution is 2.20. The molecule has 2 heterocycles. The molecular formula is C16H26N4O. The van der Waals surface area contributed by atoms with Gasteiger partial charge in [0.25, 0.3) is 5.91 Å². The third-order valence-corrected chi connectivity index (χ3v) is 4.11. The van der Waals surface area contributed by atoms with Gasteiger partial charge in [-0.3, -0.25) is 9.78 Å². The third-order valence-electron chi connectivity index (χ3n) is 4.11. The monoisotopic (exact) mass is 290 g/mol. The first kappa shape index (κ1) is 15.8. The summed E-state index contributed by atoms with van der Waals surface area (Å²) in [5.74, 6) is 0.0117. The number of aromatic nitrogens is 1. The van der Waals surface area contributed by atoms with Crippen LogP contribution in [-0.2, 0) is 0 Å². The normalized spacial score (nSPS) is 22.2. The summed E-state index contributed by atoms with van der Waals surface area (Å²) in [4.78, 5) is 20.8. The van der Waals surface area contributed by atoms with Gasteiger partial charge in [-0.15, -0.1) is 0 Å². The molecule has 5 heteroatoms. The maximum absolute atomic E-state index is 12.4. The topological polar surface area (TPSA) is 48.5 Å². The van der Waals surface area contributed by atoms with Crippen molar-refractivity contribution in [2.75, 3.05) is 31.1 Å². The second-order valence-electron chi connectivity index (χ2n) is 5.69. The Balaban J connectivity index is 2.22. The summed E-state index contributed by atoms with van der Waals surface area (Å²) in [5.41, 5.74) is 1.62. The Morgan fingerprint density at radius 2 is 2.14 bits per heavy atom. The third kappa shape index (κ3) is 3.53. The Kier molecular flexibility index (Phi) is 5.17. The van der Waals surface area contributed by atoms with Gasteiger partial charge < -0.3 is 15.1 Å². The first-order valence-corrected chi connectivity index (χ1v) is 7.82. The van der Waals surface area contributed by atoms with Gasteiger partial charge in [0.1, 0.15) is 5.69 Å². The predicted molar refractivity (Wildman–Crippen MR) is 85.8 cm³/mol. The molecule has 2 unspecified atom stereocenters. The first-order valence-electron chi connectivity index (χ1n) is 7.82. The van der Waals surface area contributed by atoms with Crippen molar-refractivity contribution in [3.63, 3.8) is 0 Å². The molecule has 0 spiro atoms. The number of rotatable bonds is 4. The van der Waals surface area contributed by atoms with Crippen molar-refractivity contribution >= 4 is 11.6 Å². The first-order chi connectivity index (χ1) is 10.1. The predicted octanol–water partition coefficient (Wildman–Crippen LogP) is 1.75. The number of hydrogen-bond donors (Lipinski definition) is 1. The molecule has 21 heavy (non-hydrogen) atoms. The minimum atomic E-state index is 0.0117. The van der Waals surface area contributed by atoms with E-state index < -0.39 is 0 Å². The molecule has 1 fully saturated rings. The molecule has 1 aliphatic heterocycles. The van der Waals surface area contributed by atoms with Crippen molar-refractivity contribution in [3.05, 3.63) is 24.0 Å². The summed E-state index contributed by atoms with van der Waals surface area (Å²) in [6, 6.07) is 4.79. The molecule has 2 rings (SSSR count). The molecule has 0 aliphatic carbocycles. The molecule has 0 aromatic carbocycles. The molecule has 0 saturated carbocycles. The second-order valence-corrected chi connectivity index (χ2v) is 5.69. The van der Waals surface area contributed by atoms with Crippen LogP contribution in [0.4, 0.5) is 5.69 Å². The van der Waals surface area contributed by atoms with Crippen molar-refractivity contribution in [1.82, 2.24) is 15.2 Å². The molecule has 1 N–H and O–H groups in total. The minimum Gasteiger partial charge on any atom is -0.366 e. The van der Waals surface area contributed by atoms with Crippen LogP contribution in [0.3, 0.4) is 0 Å². The van der Waals surface area contributed by atoms with Gasteiger partial charge in [0, 0.05) is 50.1 Å². The van der Waals surface area contributed by atoms with Crippen LogP contribution in [-0.4, -0.2) is 54.1 Å². The molecule has 0 bridgehead atoms. The van der Waals surface area contributed by atoms with Crippen molar-refractivity contribution in [3.8, 4) is 0 Å². The minimum absolute atomic E-state index is 0.0117. The Bertz CT molecular complexity index is 487. The van der Waals surface area contributed by atoms with E-state index in [0.29, 0.717) is 30.9 Å². The highest BCUT2D eigenvalue weighted by Gasteiger charge is 2.23. The average molecular weight is 290 g/mol. The highest BCUT2D eigenvalue weighted by molar-refractivity contribution is 5.93. The average Bonchev–Trinajstić information content (AvgIpc) is 2.51. The fourth-order valence-electron chi connectivity index (χ4n) is 2.77. The van der Waals surface area contributed by atoms with Gasteiger partial charge in [-0.1, -0.05) is 0 Å². The Morgan fingerprint density at radius 3 is 2.81 bits per heavy atom. The molecule has 5 nitrogen and oxygen atoms in total. The molecular weight excluding hydrogens is 264 g/mol. The molecule has 2 atom stereocenters. The quantitative estimate of drug-likeness (QED) is 0.918. The summed E-state index contributed by atoms with van der Waals surface area (Å²) in [5, 5.41) is 3.47. The summed E-state index contributed by atoms with van der Waals surface area (Å²) >= 11 is 0. The van der Waals surface area contributed by atoms with Gasteiger partial charge >= 0.3 is 0 Å². The highest BCUT2D eigenvalue weighted by atomic mass is 16.2. The van der Waals surface area contributed by atoms with Gasteiger partial charge in [-0.05, 0) is 39.8 Å². The van der Waals surface area contributed by atoms with E-state index in [-0.39, 0.29) is 5.91 Å². The SMILES string of the molecule is CCN(CC)C(=O)c1cc(N2CC(C)NCC2C)ccn1. The smallest absolute Gasteiger partial charge is 0.272 e. The molecule has 1 amide bonds. The number of amides is 1. The van der Waals surface area contributed by atoms with Crippen molar-refractivity contribution < 1.29 is 4.79 Å². The Morgan fingerprint density at radius 1 is 1.43 bits per heavy atom. The van der Waals surface area contributed by atoms with E-state index in [4.69, 9.17) is 0 Å². The zero-order chi connectivity index (χ0) is 15.4. The van der Waals surface area contributed by atoms with Gasteiger partial charge in [-0.25, -0.2) is 0 Å². The van der Waals surface area contributed by atoms with Crippen LogP contribution in [0.25, 0.3) is 0 Å². The van der Waals surface area contributed by atoms with Crippen molar-refractivity contribution in [2.45, 2.75) is 39.8 Å². The number of pyridine rings is 1. The second kappa shape index (κ2) is 6.89. The standard InChI is InChI=1S/C16H26N4O/c1-5-19(6-2)16(21)15-9-14(7-8-17-15)20-11-12(3)18-10-13(20)4/h7-9,12-13,18H,5-6,10-11H2,1-4H3. The number of carbonyl (C=O) groups excluding carboxylic acids is 1. The molecule has 1 aliphatic rings. The van der Waals surface area contributed by atoms with Gasteiger partial charge in [0.15, 0.2) is 0 Å². The Labute approximate surface area is 127 Å². The van der Waals surface area contributed by atoms with Crippen LogP contribution in [0.2, 0.25) is 0 Å². The van der Waals surface area contributed by atoms with Crippen LogP contribution in [0.15, 0.2) is 18.3 Å². The summed E-state index contributed by atoms with van der Waals surface area (Å²) in [6.07, 6.45) is 1.74. The molecule has 1 aromatic rings. The number of hydrogen-bond acceptors (Lipinski definition) is 4. The van der Waals surface area contributed by atoms with Crippen LogP contribution >= 0.6 is 0 Å². The van der Waals surface area contributed by atoms with Gasteiger partial charge in [-0.2, -0.15) is 0 Å². The van der Waals surface area contributed by atoms with E-state index in [9.17, 15) is 4.79 Å². The number of carbonyl (C=O) groups is 1. The van der Waals surface area contributed by atoms with Gasteiger partial charge in [0.2, 0.25) is 0 Å². The fourth-order valence-corrected chi connectivity index (χ4v) is 2.77. The largest absolute Gasteiger partial charge is 0.366 e. The van der Waals surface area contributed by atoms with E-state index in [1.54, 1.807) is 11.1 Å². The van der Waals surface area contributed by atoms with E-state index in [2.05, 4.69) is 29.0 Å². The van der Waals surface area contributed by atoms with Crippen LogP contribution in [0, 0.1) is 0 Å². The van der Waals surface area contributed by atoms with E-state index in [1.165, 1.54) is 0 Å². The lowest BCUT2D eigenvalue weighted by Crippen LogP contribution is -2.54. The lowest BCUT2D eigenvalue weighted by Gasteiger charge is -2.39. The zero-order valence-corrected chi connectivity index (χ0v) is 13.5. The maximum Gasteiger partial charge on any atom is 0.272 e. The Hall–Kier alpha value is -1.62. The van der Waals surface area contributed by atoms with E-state index >= 15 is 0 Å². The molecule has 116 valence electrons. The summed E-state index contributed by atoms with van der Waals surface area (Å²) in [7, 11) is 0. The van der Waals surface area contributed by atoms with Gasteiger partial charge in [0.05, 0.1) is 0 Å². The van der Waals surface area contributed by atoms with Crippen LogP contribution in [0.1, 0.15) is 38.2 Å². The van der Waals surface area contributed by atoms with E-state index in [1.807, 2.05) is 26.0 Å². The molecule has 1 saturated heterocycles. The lowest BCUT2D eigenvalue weighted by atomic mass is 10.1.